The number of carbonyl (C=O) groups is 1. The van der Waals surface area contributed by atoms with E-state index in [4.69, 9.17) is 26.8 Å². The van der Waals surface area contributed by atoms with Crippen molar-refractivity contribution in [3.8, 4) is 0 Å². The van der Waals surface area contributed by atoms with Gasteiger partial charge in [-0.3, -0.25) is 0 Å². The lowest BCUT2D eigenvalue weighted by Crippen LogP contribution is -2.25. The fourth-order valence-electron chi connectivity index (χ4n) is 1.55. The molecule has 24 heavy (non-hydrogen) atoms. The van der Waals surface area contributed by atoms with E-state index in [1.54, 1.807) is 13.8 Å². The topological polar surface area (TPSA) is 107 Å². The molecule has 0 saturated heterocycles. The van der Waals surface area contributed by atoms with Crippen LogP contribution < -0.4 is 5.73 Å². The van der Waals surface area contributed by atoms with Gasteiger partial charge in [0, 0.05) is 5.56 Å². The van der Waals surface area contributed by atoms with Gasteiger partial charge in [0.1, 0.15) is 5.82 Å². The van der Waals surface area contributed by atoms with Crippen molar-refractivity contribution in [3.05, 3.63) is 46.1 Å². The van der Waals surface area contributed by atoms with Gasteiger partial charge in [0.25, 0.3) is 5.95 Å². The summed E-state index contributed by atoms with van der Waals surface area (Å²) in [6.07, 6.45) is 1.03. The Morgan fingerprint density at radius 1 is 1.38 bits per heavy atom. The van der Waals surface area contributed by atoms with Crippen LogP contribution in [0.5, 0.6) is 0 Å². The Morgan fingerprint density at radius 3 is 2.62 bits per heavy atom. The summed E-state index contributed by atoms with van der Waals surface area (Å²) in [6, 6.07) is 4.11. The number of nitrogens with zero attached hydrogens (tertiary/aromatic N) is 2. The Kier molecular flexibility index (Phi) is 7.70. The molecule has 0 heterocycles. The Morgan fingerprint density at radius 2 is 2.04 bits per heavy atom. The minimum absolute atomic E-state index is 0.00594. The van der Waals surface area contributed by atoms with Crippen molar-refractivity contribution in [3.63, 3.8) is 0 Å². The number of hydrogen-bond acceptors (Lipinski definition) is 6. The van der Waals surface area contributed by atoms with Gasteiger partial charge in [0.05, 0.1) is 24.5 Å². The SMILES string of the molecule is CCOC(=O)C(/C(N)=N\N=C\c1c(F)cccc1Cl)=C(\O)OCC. The summed E-state index contributed by atoms with van der Waals surface area (Å²) in [5.74, 6) is -2.72. The average molecular weight is 358 g/mol. The highest BCUT2D eigenvalue weighted by Crippen LogP contribution is 2.16. The molecule has 1 aromatic carbocycles. The van der Waals surface area contributed by atoms with Crippen molar-refractivity contribution in [2.24, 2.45) is 15.9 Å². The summed E-state index contributed by atoms with van der Waals surface area (Å²) < 4.78 is 23.2. The van der Waals surface area contributed by atoms with Crippen LogP contribution in [0.15, 0.2) is 39.9 Å². The molecule has 0 saturated carbocycles. The zero-order valence-electron chi connectivity index (χ0n) is 13.1. The quantitative estimate of drug-likeness (QED) is 0.195. The number of hydrogen-bond donors (Lipinski definition) is 2. The first kappa shape index (κ1) is 19.4. The standard InChI is InChI=1S/C15H17ClFN3O4/c1-3-23-14(21)12(15(22)24-4-2)13(18)20-19-8-9-10(16)6-5-7-11(9)17/h5-8,21H,3-4H2,1-2H3,(H2,18,20)/b14-12+,19-8+. The molecule has 7 nitrogen and oxygen atoms in total. The molecular weight excluding hydrogens is 341 g/mol. The summed E-state index contributed by atoms with van der Waals surface area (Å²) in [6.45, 7) is 3.34. The third-order valence-electron chi connectivity index (χ3n) is 2.58. The van der Waals surface area contributed by atoms with Crippen LogP contribution in [0, 0.1) is 5.82 Å². The van der Waals surface area contributed by atoms with Crippen molar-refractivity contribution < 1.29 is 23.8 Å². The maximum Gasteiger partial charge on any atom is 0.349 e. The van der Waals surface area contributed by atoms with Crippen LogP contribution in [0.4, 0.5) is 4.39 Å². The molecule has 0 aliphatic carbocycles. The molecule has 0 fully saturated rings. The Hall–Kier alpha value is -2.61. The minimum atomic E-state index is -0.927. The average Bonchev–Trinajstić information content (AvgIpc) is 2.51. The second-order valence-corrected chi connectivity index (χ2v) is 4.61. The van der Waals surface area contributed by atoms with Crippen molar-refractivity contribution >= 4 is 29.6 Å². The smallest absolute Gasteiger partial charge is 0.349 e. The van der Waals surface area contributed by atoms with Crippen LogP contribution >= 0.6 is 11.6 Å². The number of aliphatic hydroxyl groups excluding tert-OH is 1. The maximum absolute atomic E-state index is 13.6. The minimum Gasteiger partial charge on any atom is -0.480 e. The van der Waals surface area contributed by atoms with Crippen molar-refractivity contribution in [1.82, 2.24) is 0 Å². The van der Waals surface area contributed by atoms with E-state index < -0.39 is 29.1 Å². The van der Waals surface area contributed by atoms with Gasteiger partial charge < -0.3 is 20.3 Å². The van der Waals surface area contributed by atoms with Gasteiger partial charge in [0.15, 0.2) is 11.4 Å². The molecule has 0 unspecified atom stereocenters. The third-order valence-corrected chi connectivity index (χ3v) is 2.91. The van der Waals surface area contributed by atoms with Gasteiger partial charge in [-0.2, -0.15) is 5.10 Å². The fourth-order valence-corrected chi connectivity index (χ4v) is 1.76. The lowest BCUT2D eigenvalue weighted by molar-refractivity contribution is -0.138. The molecule has 0 amide bonds. The molecule has 0 bridgehead atoms. The number of esters is 1. The molecule has 130 valence electrons. The van der Waals surface area contributed by atoms with Gasteiger partial charge in [-0.15, -0.1) is 5.10 Å². The molecule has 0 radical (unpaired) electrons. The highest BCUT2D eigenvalue weighted by atomic mass is 35.5. The van der Waals surface area contributed by atoms with E-state index in [1.807, 2.05) is 0 Å². The van der Waals surface area contributed by atoms with E-state index in [9.17, 15) is 14.3 Å². The molecule has 1 aromatic rings. The van der Waals surface area contributed by atoms with Crippen molar-refractivity contribution in [1.29, 1.82) is 0 Å². The monoisotopic (exact) mass is 357 g/mol. The Balaban J connectivity index is 3.12. The van der Waals surface area contributed by atoms with Crippen LogP contribution in [0.2, 0.25) is 5.02 Å². The predicted octanol–water partition coefficient (Wildman–Crippen LogP) is 2.54. The number of halogens is 2. The summed E-state index contributed by atoms with van der Waals surface area (Å²) >= 11 is 5.84. The first-order valence-electron chi connectivity index (χ1n) is 6.96. The predicted molar refractivity (Wildman–Crippen MR) is 88.5 cm³/mol. The van der Waals surface area contributed by atoms with Crippen molar-refractivity contribution in [2.75, 3.05) is 13.2 Å². The molecule has 0 aromatic heterocycles. The van der Waals surface area contributed by atoms with Crippen LogP contribution in [-0.4, -0.2) is 36.3 Å². The molecule has 0 aliphatic rings. The van der Waals surface area contributed by atoms with E-state index >= 15 is 0 Å². The number of benzene rings is 1. The van der Waals surface area contributed by atoms with E-state index in [0.29, 0.717) is 0 Å². The van der Waals surface area contributed by atoms with Crippen LogP contribution in [0.25, 0.3) is 0 Å². The number of amidine groups is 1. The lowest BCUT2D eigenvalue weighted by atomic mass is 10.2. The van der Waals surface area contributed by atoms with Crippen LogP contribution in [0.3, 0.4) is 0 Å². The lowest BCUT2D eigenvalue weighted by Gasteiger charge is -2.08. The molecule has 1 rings (SSSR count). The van der Waals surface area contributed by atoms with Crippen LogP contribution in [0.1, 0.15) is 19.4 Å². The first-order valence-corrected chi connectivity index (χ1v) is 7.34. The van der Waals surface area contributed by atoms with Gasteiger partial charge in [0.2, 0.25) is 0 Å². The van der Waals surface area contributed by atoms with Gasteiger partial charge in [-0.05, 0) is 26.0 Å². The van der Waals surface area contributed by atoms with Crippen LogP contribution in [-0.2, 0) is 14.3 Å². The largest absolute Gasteiger partial charge is 0.480 e. The number of ether oxygens (including phenoxy) is 2. The number of rotatable bonds is 7. The highest BCUT2D eigenvalue weighted by Gasteiger charge is 2.22. The second kappa shape index (κ2) is 9.51. The number of aliphatic hydroxyl groups is 1. The summed E-state index contributed by atoms with van der Waals surface area (Å²) in [7, 11) is 0. The molecule has 0 spiro atoms. The zero-order chi connectivity index (χ0) is 18.1. The van der Waals surface area contributed by atoms with E-state index in [2.05, 4.69) is 10.2 Å². The highest BCUT2D eigenvalue weighted by molar-refractivity contribution is 6.33. The summed E-state index contributed by atoms with van der Waals surface area (Å²) in [5, 5.41) is 17.0. The molecule has 3 N–H and O–H groups in total. The molecule has 0 aliphatic heterocycles. The second-order valence-electron chi connectivity index (χ2n) is 4.20. The van der Waals surface area contributed by atoms with E-state index in [1.165, 1.54) is 18.2 Å². The summed E-state index contributed by atoms with van der Waals surface area (Å²) in [4.78, 5) is 11.8. The van der Waals surface area contributed by atoms with E-state index in [0.717, 1.165) is 6.21 Å². The first-order chi connectivity index (χ1) is 11.4. The zero-order valence-corrected chi connectivity index (χ0v) is 13.9. The summed E-state index contributed by atoms with van der Waals surface area (Å²) in [5.41, 5.74) is 5.16. The number of nitrogens with two attached hydrogens (primary N) is 1. The molecule has 9 heteroatoms. The van der Waals surface area contributed by atoms with E-state index in [-0.39, 0.29) is 23.8 Å². The third kappa shape index (κ3) is 5.24. The normalized spacial score (nSPS) is 12.9. The Labute approximate surface area is 143 Å². The van der Waals surface area contributed by atoms with Gasteiger partial charge in [-0.1, -0.05) is 17.7 Å². The molecule has 0 atom stereocenters. The fraction of sp³-hybridized carbons (Fsp3) is 0.267. The Bertz CT molecular complexity index is 669. The number of carbonyl (C=O) groups excluding carboxylic acids is 1. The van der Waals surface area contributed by atoms with Gasteiger partial charge >= 0.3 is 5.97 Å². The van der Waals surface area contributed by atoms with Gasteiger partial charge in [-0.25, -0.2) is 9.18 Å². The molecular formula is C15H17ClFN3O4. The van der Waals surface area contributed by atoms with Crippen molar-refractivity contribution in [2.45, 2.75) is 13.8 Å². The maximum atomic E-state index is 13.6.